The number of carbonyl (C=O) groups is 1. The molecule has 2 aromatic rings. The molecule has 1 unspecified atom stereocenters. The standard InChI is InChI=1S/C24H32O6/c1-18(15-29-16-20-10-12-21(26-2)13-11-20)14-22(27-3)23(24(25)28-4)30-17-19-8-6-5-7-9-19/h5-13,18,22-23H,14-17H2,1-4H3/t18?,22-,23-/m0/s1. The Morgan fingerprint density at radius 2 is 1.57 bits per heavy atom. The highest BCUT2D eigenvalue weighted by Crippen LogP contribution is 2.19. The van der Waals surface area contributed by atoms with Gasteiger partial charge in [-0.2, -0.15) is 0 Å². The van der Waals surface area contributed by atoms with E-state index in [-0.39, 0.29) is 5.92 Å². The molecule has 0 spiro atoms. The molecule has 0 aliphatic carbocycles. The lowest BCUT2D eigenvalue weighted by Gasteiger charge is -2.26. The Morgan fingerprint density at radius 1 is 0.900 bits per heavy atom. The van der Waals surface area contributed by atoms with Gasteiger partial charge in [0.25, 0.3) is 0 Å². The summed E-state index contributed by atoms with van der Waals surface area (Å²) >= 11 is 0. The third kappa shape index (κ3) is 7.78. The molecule has 0 amide bonds. The van der Waals surface area contributed by atoms with E-state index >= 15 is 0 Å². The molecule has 0 saturated heterocycles. The second kappa shape index (κ2) is 13.0. The molecule has 0 saturated carbocycles. The number of hydrogen-bond donors (Lipinski definition) is 0. The summed E-state index contributed by atoms with van der Waals surface area (Å²) in [5.74, 6) is 0.546. The quantitative estimate of drug-likeness (QED) is 0.460. The van der Waals surface area contributed by atoms with Crippen LogP contribution in [0.2, 0.25) is 0 Å². The van der Waals surface area contributed by atoms with Gasteiger partial charge in [-0.15, -0.1) is 0 Å². The minimum Gasteiger partial charge on any atom is -0.497 e. The molecule has 0 aliphatic rings. The first kappa shape index (κ1) is 23.9. The third-order valence-electron chi connectivity index (χ3n) is 4.81. The van der Waals surface area contributed by atoms with Gasteiger partial charge in [0, 0.05) is 13.7 Å². The first-order valence-electron chi connectivity index (χ1n) is 10.0. The van der Waals surface area contributed by atoms with Crippen molar-refractivity contribution in [1.29, 1.82) is 0 Å². The minimum absolute atomic E-state index is 0.167. The van der Waals surface area contributed by atoms with E-state index in [1.165, 1.54) is 7.11 Å². The Labute approximate surface area is 179 Å². The van der Waals surface area contributed by atoms with Crippen molar-refractivity contribution in [2.45, 2.75) is 38.8 Å². The van der Waals surface area contributed by atoms with Crippen LogP contribution in [0.3, 0.4) is 0 Å². The summed E-state index contributed by atoms with van der Waals surface area (Å²) in [6.07, 6.45) is -0.627. The summed E-state index contributed by atoms with van der Waals surface area (Å²) in [7, 11) is 4.58. The summed E-state index contributed by atoms with van der Waals surface area (Å²) in [6.45, 7) is 3.42. The maximum Gasteiger partial charge on any atom is 0.337 e. The molecule has 164 valence electrons. The summed E-state index contributed by atoms with van der Waals surface area (Å²) in [4.78, 5) is 12.3. The Kier molecular flexibility index (Phi) is 10.3. The SMILES string of the molecule is COC(=O)[C@@H](OCc1ccccc1)[C@H](CC(C)COCc1ccc(OC)cc1)OC. The molecule has 0 N–H and O–H groups in total. The van der Waals surface area contributed by atoms with E-state index in [9.17, 15) is 4.79 Å². The molecular formula is C24H32O6. The third-order valence-corrected chi connectivity index (χ3v) is 4.81. The normalized spacial score (nSPS) is 14.0. The van der Waals surface area contributed by atoms with Gasteiger partial charge in [-0.25, -0.2) is 4.79 Å². The van der Waals surface area contributed by atoms with E-state index in [0.717, 1.165) is 16.9 Å². The van der Waals surface area contributed by atoms with Crippen molar-refractivity contribution >= 4 is 5.97 Å². The second-order valence-corrected chi connectivity index (χ2v) is 7.22. The Bertz CT molecular complexity index is 731. The highest BCUT2D eigenvalue weighted by atomic mass is 16.6. The van der Waals surface area contributed by atoms with Crippen LogP contribution >= 0.6 is 0 Å². The van der Waals surface area contributed by atoms with Crippen LogP contribution in [0.25, 0.3) is 0 Å². The summed E-state index contributed by atoms with van der Waals surface area (Å²) in [6, 6.07) is 17.5. The fraction of sp³-hybridized carbons (Fsp3) is 0.458. The van der Waals surface area contributed by atoms with Crippen molar-refractivity contribution in [1.82, 2.24) is 0 Å². The average molecular weight is 417 g/mol. The molecule has 6 nitrogen and oxygen atoms in total. The van der Waals surface area contributed by atoms with Gasteiger partial charge in [0.1, 0.15) is 5.75 Å². The number of ether oxygens (including phenoxy) is 5. The van der Waals surface area contributed by atoms with Crippen molar-refractivity contribution in [3.63, 3.8) is 0 Å². The largest absolute Gasteiger partial charge is 0.497 e. The van der Waals surface area contributed by atoms with Crippen LogP contribution in [0.5, 0.6) is 5.75 Å². The molecular weight excluding hydrogens is 384 g/mol. The van der Waals surface area contributed by atoms with Gasteiger partial charge < -0.3 is 23.7 Å². The Morgan fingerprint density at radius 3 is 2.17 bits per heavy atom. The molecule has 0 heterocycles. The molecule has 0 bridgehead atoms. The lowest BCUT2D eigenvalue weighted by Crippen LogP contribution is -2.40. The molecule has 0 aromatic heterocycles. The van der Waals surface area contributed by atoms with E-state index in [1.807, 2.05) is 54.6 Å². The molecule has 3 atom stereocenters. The maximum atomic E-state index is 12.3. The van der Waals surface area contributed by atoms with Gasteiger partial charge in [0.15, 0.2) is 6.10 Å². The predicted octanol–water partition coefficient (Wildman–Crippen LogP) is 4.01. The number of carbonyl (C=O) groups excluding carboxylic acids is 1. The number of benzene rings is 2. The highest BCUT2D eigenvalue weighted by molar-refractivity contribution is 5.75. The summed E-state index contributed by atoms with van der Waals surface area (Å²) in [5, 5.41) is 0. The smallest absolute Gasteiger partial charge is 0.337 e. The van der Waals surface area contributed by atoms with Crippen LogP contribution in [0.4, 0.5) is 0 Å². The number of methoxy groups -OCH3 is 3. The highest BCUT2D eigenvalue weighted by Gasteiger charge is 2.31. The van der Waals surface area contributed by atoms with Crippen molar-refractivity contribution in [2.24, 2.45) is 5.92 Å². The molecule has 30 heavy (non-hydrogen) atoms. The fourth-order valence-electron chi connectivity index (χ4n) is 3.11. The van der Waals surface area contributed by atoms with Crippen LogP contribution in [-0.4, -0.2) is 46.1 Å². The number of rotatable bonds is 13. The van der Waals surface area contributed by atoms with E-state index < -0.39 is 18.2 Å². The van der Waals surface area contributed by atoms with Gasteiger partial charge in [0.2, 0.25) is 0 Å². The van der Waals surface area contributed by atoms with E-state index in [4.69, 9.17) is 23.7 Å². The minimum atomic E-state index is -0.802. The van der Waals surface area contributed by atoms with Crippen LogP contribution in [0.1, 0.15) is 24.5 Å². The monoisotopic (exact) mass is 416 g/mol. The average Bonchev–Trinajstić information content (AvgIpc) is 2.79. The zero-order valence-corrected chi connectivity index (χ0v) is 18.2. The lowest BCUT2D eigenvalue weighted by molar-refractivity contribution is -0.166. The van der Waals surface area contributed by atoms with Crippen molar-refractivity contribution in [2.75, 3.05) is 27.9 Å². The first-order valence-corrected chi connectivity index (χ1v) is 10.0. The van der Waals surface area contributed by atoms with Crippen LogP contribution in [0.15, 0.2) is 54.6 Å². The van der Waals surface area contributed by atoms with Gasteiger partial charge in [-0.05, 0) is 35.6 Å². The molecule has 0 fully saturated rings. The van der Waals surface area contributed by atoms with Gasteiger partial charge in [-0.3, -0.25) is 0 Å². The topological polar surface area (TPSA) is 63.2 Å². The van der Waals surface area contributed by atoms with Crippen molar-refractivity contribution in [3.05, 3.63) is 65.7 Å². The van der Waals surface area contributed by atoms with Crippen LogP contribution in [0, 0.1) is 5.92 Å². The first-order chi connectivity index (χ1) is 14.6. The van der Waals surface area contributed by atoms with E-state index in [1.54, 1.807) is 14.2 Å². The van der Waals surface area contributed by atoms with Gasteiger partial charge in [-0.1, -0.05) is 49.4 Å². The predicted molar refractivity (Wildman–Crippen MR) is 114 cm³/mol. The van der Waals surface area contributed by atoms with E-state index in [2.05, 4.69) is 6.92 Å². The van der Waals surface area contributed by atoms with Gasteiger partial charge in [0.05, 0.1) is 33.5 Å². The van der Waals surface area contributed by atoms with Crippen LogP contribution < -0.4 is 4.74 Å². The molecule has 0 radical (unpaired) electrons. The van der Waals surface area contributed by atoms with Gasteiger partial charge >= 0.3 is 5.97 Å². The number of hydrogen-bond acceptors (Lipinski definition) is 6. The Hall–Kier alpha value is -2.41. The molecule has 2 rings (SSSR count). The van der Waals surface area contributed by atoms with Crippen LogP contribution in [-0.2, 0) is 37.0 Å². The fourth-order valence-corrected chi connectivity index (χ4v) is 3.11. The maximum absolute atomic E-state index is 12.3. The molecule has 6 heteroatoms. The number of esters is 1. The van der Waals surface area contributed by atoms with Crippen molar-refractivity contribution < 1.29 is 28.5 Å². The van der Waals surface area contributed by atoms with E-state index in [0.29, 0.717) is 26.2 Å². The molecule has 0 aliphatic heterocycles. The van der Waals surface area contributed by atoms with Crippen molar-refractivity contribution in [3.8, 4) is 5.75 Å². The Balaban J connectivity index is 1.86. The zero-order valence-electron chi connectivity index (χ0n) is 18.2. The zero-order chi connectivity index (χ0) is 21.8. The second-order valence-electron chi connectivity index (χ2n) is 7.22. The summed E-state index contributed by atoms with van der Waals surface area (Å²) < 4.78 is 27.4. The molecule has 2 aromatic carbocycles. The lowest BCUT2D eigenvalue weighted by atomic mass is 10.0. The summed E-state index contributed by atoms with van der Waals surface area (Å²) in [5.41, 5.74) is 2.06.